The molecule has 4 aromatic carbocycles. The zero-order chi connectivity index (χ0) is 35.3. The first-order valence-corrected chi connectivity index (χ1v) is 14.5. The second-order valence-corrected chi connectivity index (χ2v) is 10.3. The molecule has 244 valence electrons. The molecule has 0 saturated carbocycles. The molecule has 0 saturated heterocycles. The van der Waals surface area contributed by atoms with Crippen molar-refractivity contribution in [2.24, 2.45) is 0 Å². The normalized spacial score (nSPS) is 10.5. The zero-order valence-corrected chi connectivity index (χ0v) is 26.0. The van der Waals surface area contributed by atoms with E-state index in [1.165, 1.54) is 36.4 Å². The number of carbonyl (C=O) groups is 1. The van der Waals surface area contributed by atoms with Gasteiger partial charge in [-0.1, -0.05) is 30.3 Å². The van der Waals surface area contributed by atoms with Crippen molar-refractivity contribution in [2.45, 2.75) is 13.0 Å². The van der Waals surface area contributed by atoms with Gasteiger partial charge < -0.3 is 19.8 Å². The Labute approximate surface area is 279 Å². The third kappa shape index (κ3) is 8.80. The number of nitro groups is 2. The summed E-state index contributed by atoms with van der Waals surface area (Å²) in [6.45, 7) is 0.0348. The number of aromatic nitrogens is 2. The van der Waals surface area contributed by atoms with Crippen LogP contribution in [0.15, 0.2) is 97.3 Å². The van der Waals surface area contributed by atoms with Crippen LogP contribution < -0.4 is 4.74 Å². The highest BCUT2D eigenvalue weighted by molar-refractivity contribution is 6.01. The second-order valence-electron chi connectivity index (χ2n) is 10.3. The summed E-state index contributed by atoms with van der Waals surface area (Å²) < 4.78 is 5.23. The summed E-state index contributed by atoms with van der Waals surface area (Å²) in [7, 11) is 1.58. The van der Waals surface area contributed by atoms with Gasteiger partial charge in [0.1, 0.15) is 12.0 Å². The number of fused-ring (bicyclic) bond motifs is 2. The van der Waals surface area contributed by atoms with E-state index in [0.717, 1.165) is 38.5 Å². The average molecular weight is 657 g/mol. The Kier molecular flexibility index (Phi) is 11.7. The summed E-state index contributed by atoms with van der Waals surface area (Å²) in [5, 5.41) is 50.0. The van der Waals surface area contributed by atoms with Gasteiger partial charge >= 0.3 is 0 Å². The van der Waals surface area contributed by atoms with Crippen LogP contribution in [0.4, 0.5) is 11.4 Å². The number of non-ortho nitro benzene ring substituents is 2. The van der Waals surface area contributed by atoms with Crippen molar-refractivity contribution in [2.75, 3.05) is 7.11 Å². The molecule has 49 heavy (non-hydrogen) atoms. The molecule has 0 atom stereocenters. The topological polar surface area (TPSA) is 212 Å². The summed E-state index contributed by atoms with van der Waals surface area (Å²) in [6, 6.07) is 27.3. The lowest BCUT2D eigenvalue weighted by atomic mass is 10.0. The third-order valence-electron chi connectivity index (χ3n) is 7.19. The number of aliphatic hydroxyl groups is 1. The van der Waals surface area contributed by atoms with E-state index in [1.807, 2.05) is 42.6 Å². The van der Waals surface area contributed by atoms with Crippen LogP contribution in [-0.2, 0) is 13.0 Å². The number of nitriles is 2. The van der Waals surface area contributed by atoms with Gasteiger partial charge in [0.05, 0.1) is 47.7 Å². The number of aromatic amines is 2. The zero-order valence-electron chi connectivity index (χ0n) is 26.0. The summed E-state index contributed by atoms with van der Waals surface area (Å²) in [6.07, 6.45) is 6.20. The minimum absolute atomic E-state index is 0.0124. The fraction of sp³-hybridized carbons (Fsp3) is 0.0833. The number of benzene rings is 4. The Morgan fingerprint density at radius 2 is 1.49 bits per heavy atom. The SMILES string of the molecule is COc1ccc2[nH]cc(/C(C#N)=C/c3cccc([N+](=O)[O-])c3)c2c1.N#CCc1c[nH]c2ccc(CO)cc12.O=Cc1cccc([N+](=O)[O-])c1. The highest BCUT2D eigenvalue weighted by atomic mass is 16.6. The fourth-order valence-corrected chi connectivity index (χ4v) is 4.78. The quantitative estimate of drug-likeness (QED) is 0.0648. The molecule has 13 nitrogen and oxygen atoms in total. The molecule has 0 bridgehead atoms. The maximum Gasteiger partial charge on any atom is 0.270 e. The van der Waals surface area contributed by atoms with Gasteiger partial charge in [-0.15, -0.1) is 0 Å². The van der Waals surface area contributed by atoms with E-state index in [-0.39, 0.29) is 18.0 Å². The number of allylic oxidation sites excluding steroid dienone is 1. The molecule has 2 heterocycles. The molecule has 0 fully saturated rings. The predicted molar refractivity (Wildman–Crippen MR) is 183 cm³/mol. The van der Waals surface area contributed by atoms with Crippen molar-refractivity contribution in [3.05, 3.63) is 145 Å². The molecule has 6 rings (SSSR count). The number of nitrogens with one attached hydrogen (secondary N) is 2. The predicted octanol–water partition coefficient (Wildman–Crippen LogP) is 7.28. The minimum Gasteiger partial charge on any atom is -0.497 e. The summed E-state index contributed by atoms with van der Waals surface area (Å²) in [5.41, 5.74) is 5.72. The maximum atomic E-state index is 10.9. The van der Waals surface area contributed by atoms with Crippen molar-refractivity contribution in [1.82, 2.24) is 9.97 Å². The monoisotopic (exact) mass is 656 g/mol. The van der Waals surface area contributed by atoms with Crippen LogP contribution in [0.3, 0.4) is 0 Å². The first kappa shape index (κ1) is 34.8. The first-order valence-electron chi connectivity index (χ1n) is 14.5. The Bertz CT molecular complexity index is 2260. The third-order valence-corrected chi connectivity index (χ3v) is 7.19. The molecule has 0 aliphatic rings. The van der Waals surface area contributed by atoms with Gasteiger partial charge in [0.15, 0.2) is 0 Å². The Balaban J connectivity index is 0.000000183. The second kappa shape index (κ2) is 16.5. The molecule has 0 aliphatic carbocycles. The number of nitro benzene ring substituents is 2. The first-order chi connectivity index (χ1) is 23.7. The van der Waals surface area contributed by atoms with Gasteiger partial charge in [-0.3, -0.25) is 25.0 Å². The van der Waals surface area contributed by atoms with Crippen molar-refractivity contribution >= 4 is 51.1 Å². The molecular formula is C36H28N6O7. The molecule has 3 N–H and O–H groups in total. The van der Waals surface area contributed by atoms with Crippen LogP contribution in [0, 0.1) is 42.9 Å². The van der Waals surface area contributed by atoms with Crippen molar-refractivity contribution in [3.63, 3.8) is 0 Å². The molecule has 0 amide bonds. The number of ether oxygens (including phenoxy) is 1. The number of H-pyrrole nitrogens is 2. The molecule has 0 spiro atoms. The standard InChI is InChI=1S/C18H13N3O3.C11H10N2O.C7H5NO3/c1-24-15-5-6-18-16(9-15)17(11-20-18)13(10-19)7-12-3-2-4-14(8-12)21(22)23;12-4-3-9-6-13-11-2-1-8(7-14)5-10(9)11;9-5-6-2-1-3-7(4-6)8(10)11/h2-9,11,20H,1H3;1-2,5-6,13-14H,3,7H2;1-5H/b13-7+;;. The van der Waals surface area contributed by atoms with E-state index >= 15 is 0 Å². The highest BCUT2D eigenvalue weighted by Crippen LogP contribution is 2.30. The summed E-state index contributed by atoms with van der Waals surface area (Å²) in [4.78, 5) is 36.4. The number of hydrogen-bond donors (Lipinski definition) is 3. The van der Waals surface area contributed by atoms with Crippen LogP contribution in [0.5, 0.6) is 5.75 Å². The van der Waals surface area contributed by atoms with Crippen LogP contribution in [-0.4, -0.2) is 38.3 Å². The molecule has 0 unspecified atom stereocenters. The Morgan fingerprint density at radius 1 is 0.857 bits per heavy atom. The number of nitrogens with zero attached hydrogens (tertiary/aromatic N) is 4. The van der Waals surface area contributed by atoms with Crippen molar-refractivity contribution in [3.8, 4) is 17.9 Å². The lowest BCUT2D eigenvalue weighted by molar-refractivity contribution is -0.385. The number of rotatable bonds is 8. The van der Waals surface area contributed by atoms with Gasteiger partial charge in [0.25, 0.3) is 11.4 Å². The number of aldehydes is 1. The number of hydrogen-bond acceptors (Lipinski definition) is 9. The van der Waals surface area contributed by atoms with Gasteiger partial charge in [-0.05, 0) is 53.1 Å². The maximum absolute atomic E-state index is 10.9. The summed E-state index contributed by atoms with van der Waals surface area (Å²) in [5.74, 6) is 0.691. The average Bonchev–Trinajstić information content (AvgIpc) is 3.74. The van der Waals surface area contributed by atoms with E-state index in [1.54, 1.807) is 31.5 Å². The van der Waals surface area contributed by atoms with Gasteiger partial charge in [-0.25, -0.2) is 0 Å². The van der Waals surface area contributed by atoms with E-state index in [2.05, 4.69) is 22.1 Å². The van der Waals surface area contributed by atoms with E-state index < -0.39 is 9.85 Å². The molecule has 0 aliphatic heterocycles. The highest BCUT2D eigenvalue weighted by Gasteiger charge is 2.11. The lowest BCUT2D eigenvalue weighted by Crippen LogP contribution is -1.88. The van der Waals surface area contributed by atoms with Crippen LogP contribution in [0.25, 0.3) is 33.5 Å². The molecule has 6 aromatic rings. The van der Waals surface area contributed by atoms with E-state index in [0.29, 0.717) is 35.2 Å². The van der Waals surface area contributed by atoms with Gasteiger partial charge in [-0.2, -0.15) is 10.5 Å². The van der Waals surface area contributed by atoms with Crippen LogP contribution >= 0.6 is 0 Å². The Hall–Kier alpha value is -7.09. The molecular weight excluding hydrogens is 628 g/mol. The Morgan fingerprint density at radius 3 is 2.10 bits per heavy atom. The lowest BCUT2D eigenvalue weighted by Gasteiger charge is -2.02. The smallest absolute Gasteiger partial charge is 0.270 e. The number of methoxy groups -OCH3 is 1. The largest absolute Gasteiger partial charge is 0.497 e. The number of aliphatic hydroxyl groups excluding tert-OH is 1. The van der Waals surface area contributed by atoms with Gasteiger partial charge in [0, 0.05) is 69.6 Å². The molecule has 0 radical (unpaired) electrons. The fourth-order valence-electron chi connectivity index (χ4n) is 4.78. The molecule has 13 heteroatoms. The van der Waals surface area contributed by atoms with E-state index in [4.69, 9.17) is 15.1 Å². The number of carbonyl (C=O) groups excluding carboxylic acids is 1. The van der Waals surface area contributed by atoms with Crippen LogP contribution in [0.2, 0.25) is 0 Å². The van der Waals surface area contributed by atoms with Crippen molar-refractivity contribution in [1.29, 1.82) is 10.5 Å². The summed E-state index contributed by atoms with van der Waals surface area (Å²) >= 11 is 0. The van der Waals surface area contributed by atoms with E-state index in [9.17, 15) is 30.3 Å². The minimum atomic E-state index is -0.535. The van der Waals surface area contributed by atoms with Crippen LogP contribution in [0.1, 0.15) is 32.6 Å². The van der Waals surface area contributed by atoms with Gasteiger partial charge in [0.2, 0.25) is 0 Å². The molecule has 2 aromatic heterocycles. The van der Waals surface area contributed by atoms with Crippen molar-refractivity contribution < 1.29 is 24.5 Å².